The number of dihydropyridines is 1. The number of fused-ring (bicyclic) bond motifs is 5. The number of halogens is 3. The second kappa shape index (κ2) is 11.0. The molecule has 2 unspecified atom stereocenters. The van der Waals surface area contributed by atoms with E-state index in [2.05, 4.69) is 39.2 Å². The predicted octanol–water partition coefficient (Wildman–Crippen LogP) is 3.90. The molecule has 2 aromatic heterocycles. The number of carbonyl (C=O) groups excluding carboxylic acids is 1. The number of sulfonamides is 1. The van der Waals surface area contributed by atoms with Crippen LogP contribution in [0.5, 0.6) is 5.88 Å². The van der Waals surface area contributed by atoms with Crippen molar-refractivity contribution in [1.82, 2.24) is 30.1 Å². The summed E-state index contributed by atoms with van der Waals surface area (Å²) < 4.78 is 75.5. The summed E-state index contributed by atoms with van der Waals surface area (Å²) in [7, 11) is -4.16. The molecular weight excluding hydrogens is 599 g/mol. The van der Waals surface area contributed by atoms with Gasteiger partial charge in [-0.25, -0.2) is 22.8 Å². The van der Waals surface area contributed by atoms with Gasteiger partial charge in [-0.15, -0.1) is 5.10 Å². The number of rotatable bonds is 5. The number of alkyl halides is 3. The van der Waals surface area contributed by atoms with Gasteiger partial charge in [0.1, 0.15) is 5.82 Å². The molecule has 1 saturated heterocycles. The summed E-state index contributed by atoms with van der Waals surface area (Å²) in [5.41, 5.74) is -1.94. The minimum absolute atomic E-state index is 0.0430. The van der Waals surface area contributed by atoms with E-state index in [0.29, 0.717) is 24.0 Å². The van der Waals surface area contributed by atoms with Crippen molar-refractivity contribution < 1.29 is 31.1 Å². The van der Waals surface area contributed by atoms with Gasteiger partial charge in [0, 0.05) is 30.4 Å². The van der Waals surface area contributed by atoms with Crippen molar-refractivity contribution in [3.05, 3.63) is 54.0 Å². The summed E-state index contributed by atoms with van der Waals surface area (Å²) in [6, 6.07) is 4.67. The van der Waals surface area contributed by atoms with E-state index in [1.807, 2.05) is 0 Å². The van der Waals surface area contributed by atoms with E-state index in [0.717, 1.165) is 25.7 Å². The number of hydrogen-bond acceptors (Lipinski definition) is 9. The maximum atomic E-state index is 13.6. The largest absolute Gasteiger partial charge is 0.477 e. The van der Waals surface area contributed by atoms with Gasteiger partial charge in [0.25, 0.3) is 15.9 Å². The molecule has 3 aliphatic heterocycles. The number of hydrogen-bond donors (Lipinski definition) is 3. The molecule has 4 aliphatic rings. The summed E-state index contributed by atoms with van der Waals surface area (Å²) >= 11 is 0. The molecule has 0 aromatic carbocycles. The number of nitrogens with zero attached hydrogens (tertiary/aromatic N) is 4. The number of pyridine rings is 1. The Kier molecular flexibility index (Phi) is 7.57. The van der Waals surface area contributed by atoms with Gasteiger partial charge in [0.15, 0.2) is 11.2 Å². The van der Waals surface area contributed by atoms with E-state index in [9.17, 15) is 26.4 Å². The Balaban J connectivity index is 1.30. The van der Waals surface area contributed by atoms with E-state index in [-0.39, 0.29) is 48.9 Å². The molecule has 2 bridgehead atoms. The summed E-state index contributed by atoms with van der Waals surface area (Å²) in [6.07, 6.45) is 5.58. The van der Waals surface area contributed by atoms with Crippen molar-refractivity contribution in [3.8, 4) is 11.7 Å². The monoisotopic (exact) mass is 635 g/mol. The normalized spacial score (nSPS) is 25.3. The summed E-state index contributed by atoms with van der Waals surface area (Å²) in [5, 5.41) is 9.38. The Morgan fingerprint density at radius 1 is 1.14 bits per heavy atom. The van der Waals surface area contributed by atoms with Crippen molar-refractivity contribution >= 4 is 21.7 Å². The number of carbonyl (C=O) groups is 1. The lowest BCUT2D eigenvalue weighted by Crippen LogP contribution is -2.49. The first-order chi connectivity index (χ1) is 20.8. The van der Waals surface area contributed by atoms with Gasteiger partial charge in [-0.3, -0.25) is 4.79 Å². The van der Waals surface area contributed by atoms with Gasteiger partial charge in [0.05, 0.1) is 23.4 Å². The molecule has 11 nitrogen and oxygen atoms in total. The smallest absolute Gasteiger partial charge is 0.394 e. The third kappa shape index (κ3) is 5.85. The molecule has 44 heavy (non-hydrogen) atoms. The quantitative estimate of drug-likeness (QED) is 0.448. The fraction of sp³-hybridized carbons (Fsp3) is 0.552. The first kappa shape index (κ1) is 30.3. The van der Waals surface area contributed by atoms with Crippen LogP contribution >= 0.6 is 0 Å². The third-order valence-electron chi connectivity index (χ3n) is 8.97. The van der Waals surface area contributed by atoms with E-state index in [1.165, 1.54) is 16.8 Å². The summed E-state index contributed by atoms with van der Waals surface area (Å²) in [5.74, 6) is 0.595. The van der Waals surface area contributed by atoms with Crippen molar-refractivity contribution in [2.45, 2.75) is 81.9 Å². The van der Waals surface area contributed by atoms with Gasteiger partial charge in [-0.05, 0) is 83.1 Å². The molecule has 3 N–H and O–H groups in total. The van der Waals surface area contributed by atoms with Crippen LogP contribution in [-0.2, 0) is 10.0 Å². The van der Waals surface area contributed by atoms with Crippen molar-refractivity contribution in [2.75, 3.05) is 18.1 Å². The number of amides is 1. The lowest BCUT2D eigenvalue weighted by Gasteiger charge is -2.38. The SMILES string of the molecule is CC1(C)CCC2CCCNC3=CC=CC(N3)S(=O)(=O)NC(=O)c3ccc(-n4ccc(OCCC5(C(F)(F)F)CC5)n4)nc3N21. The average molecular weight is 636 g/mol. The van der Waals surface area contributed by atoms with Gasteiger partial charge < -0.3 is 20.3 Å². The molecular formula is C29H36F3N7O4S. The van der Waals surface area contributed by atoms with Gasteiger partial charge in [-0.1, -0.05) is 6.08 Å². The molecule has 0 radical (unpaired) electrons. The van der Waals surface area contributed by atoms with Crippen LogP contribution in [0.2, 0.25) is 0 Å². The molecule has 1 saturated carbocycles. The zero-order chi connectivity index (χ0) is 31.3. The van der Waals surface area contributed by atoms with Crippen LogP contribution in [-0.4, -0.2) is 65.4 Å². The van der Waals surface area contributed by atoms with E-state index < -0.39 is 32.9 Å². The zero-order valence-electron chi connectivity index (χ0n) is 24.5. The van der Waals surface area contributed by atoms with E-state index in [4.69, 9.17) is 9.72 Å². The van der Waals surface area contributed by atoms with Gasteiger partial charge in [-0.2, -0.15) is 13.2 Å². The third-order valence-corrected chi connectivity index (χ3v) is 10.4. The van der Waals surface area contributed by atoms with Crippen LogP contribution < -0.4 is 25.0 Å². The fourth-order valence-electron chi connectivity index (χ4n) is 6.21. The highest BCUT2D eigenvalue weighted by molar-refractivity contribution is 7.90. The van der Waals surface area contributed by atoms with Crippen LogP contribution in [0.3, 0.4) is 0 Å². The van der Waals surface area contributed by atoms with Crippen LogP contribution in [0, 0.1) is 5.41 Å². The minimum atomic E-state index is -4.25. The minimum Gasteiger partial charge on any atom is -0.477 e. The van der Waals surface area contributed by atoms with Crippen LogP contribution in [0.25, 0.3) is 5.82 Å². The van der Waals surface area contributed by atoms with Crippen molar-refractivity contribution in [2.24, 2.45) is 5.41 Å². The first-order valence-corrected chi connectivity index (χ1v) is 16.3. The Bertz CT molecular complexity index is 1600. The zero-order valence-corrected chi connectivity index (χ0v) is 25.3. The molecule has 2 fully saturated rings. The molecule has 1 amide bonds. The number of ether oxygens (including phenoxy) is 1. The fourth-order valence-corrected chi connectivity index (χ4v) is 7.29. The molecule has 1 aliphatic carbocycles. The molecule has 5 heterocycles. The molecule has 2 aromatic rings. The molecule has 2 atom stereocenters. The van der Waals surface area contributed by atoms with Crippen molar-refractivity contribution in [3.63, 3.8) is 0 Å². The Hall–Kier alpha value is -3.75. The van der Waals surface area contributed by atoms with Gasteiger partial charge in [0.2, 0.25) is 5.88 Å². The van der Waals surface area contributed by atoms with E-state index >= 15 is 0 Å². The molecule has 6 rings (SSSR count). The average Bonchev–Trinajstić information content (AvgIpc) is 3.51. The Morgan fingerprint density at radius 2 is 1.93 bits per heavy atom. The number of nitrogens with one attached hydrogen (secondary N) is 3. The maximum Gasteiger partial charge on any atom is 0.394 e. The Morgan fingerprint density at radius 3 is 2.68 bits per heavy atom. The highest BCUT2D eigenvalue weighted by Gasteiger charge is 2.62. The lowest BCUT2D eigenvalue weighted by atomic mass is 10.0. The highest BCUT2D eigenvalue weighted by atomic mass is 32.2. The first-order valence-electron chi connectivity index (χ1n) is 14.8. The second-order valence-corrected chi connectivity index (χ2v) is 14.3. The van der Waals surface area contributed by atoms with Crippen LogP contribution in [0.4, 0.5) is 19.0 Å². The predicted molar refractivity (Wildman–Crippen MR) is 157 cm³/mol. The Labute approximate surface area is 254 Å². The van der Waals surface area contributed by atoms with E-state index in [1.54, 1.807) is 30.5 Å². The number of allylic oxidation sites excluding steroid dienone is 2. The summed E-state index contributed by atoms with van der Waals surface area (Å²) in [6.45, 7) is 4.64. The van der Waals surface area contributed by atoms with Crippen molar-refractivity contribution in [1.29, 1.82) is 0 Å². The molecule has 15 heteroatoms. The number of anilines is 1. The summed E-state index contributed by atoms with van der Waals surface area (Å²) in [4.78, 5) is 20.6. The van der Waals surface area contributed by atoms with Crippen LogP contribution in [0.1, 0.15) is 69.2 Å². The van der Waals surface area contributed by atoms with Crippen LogP contribution in [0.15, 0.2) is 48.4 Å². The highest BCUT2D eigenvalue weighted by Crippen LogP contribution is 2.59. The maximum absolute atomic E-state index is 13.6. The molecule has 0 spiro atoms. The lowest BCUT2D eigenvalue weighted by molar-refractivity contribution is -0.190. The topological polar surface area (TPSA) is 130 Å². The number of aromatic nitrogens is 3. The molecule has 238 valence electrons. The van der Waals surface area contributed by atoms with Gasteiger partial charge >= 0.3 is 6.18 Å². The second-order valence-electron chi connectivity index (χ2n) is 12.5. The standard InChI is InChI=1S/C29H36F3N7O4S/c1-27(2)12-10-19-5-4-16-33-21-6-3-7-24(34-21)44(41,42)37-26(40)20-8-9-22(35-25(20)39(19)27)38-17-11-23(36-38)43-18-15-28(13-14-28)29(30,31)32/h3,6-9,11,17,19,24,33-34H,4-5,10,12-16,18H2,1-2H3,(H,37,40).